The maximum Gasteiger partial charge on any atom is 0.164 e. The first-order valence-electron chi connectivity index (χ1n) is 6.57. The number of benzene rings is 1. The van der Waals surface area contributed by atoms with Gasteiger partial charge in [0.25, 0.3) is 0 Å². The molecule has 1 fully saturated rings. The fourth-order valence-corrected chi connectivity index (χ4v) is 2.96. The van der Waals surface area contributed by atoms with Crippen LogP contribution >= 0.6 is 0 Å². The third-order valence-electron chi connectivity index (χ3n) is 3.82. The summed E-state index contributed by atoms with van der Waals surface area (Å²) in [7, 11) is 3.22. The fraction of sp³-hybridized carbons (Fsp3) is 0.438. The second kappa shape index (κ2) is 5.91. The molecule has 3 heteroatoms. The zero-order valence-electron chi connectivity index (χ0n) is 11.5. The largest absolute Gasteiger partial charge is 0.493 e. The minimum absolute atomic E-state index is 0.0944. The van der Waals surface area contributed by atoms with Gasteiger partial charge in [-0.05, 0) is 24.8 Å². The summed E-state index contributed by atoms with van der Waals surface area (Å²) < 4.78 is 10.8. The maximum atomic E-state index is 12.2. The van der Waals surface area contributed by atoms with Crippen molar-refractivity contribution in [2.75, 3.05) is 14.2 Å². The molecule has 0 aromatic heterocycles. The lowest BCUT2D eigenvalue weighted by Gasteiger charge is -2.21. The van der Waals surface area contributed by atoms with Crippen molar-refractivity contribution in [3.05, 3.63) is 36.4 Å². The van der Waals surface area contributed by atoms with Gasteiger partial charge in [0.15, 0.2) is 11.5 Å². The molecule has 1 aliphatic rings. The minimum Gasteiger partial charge on any atom is -0.493 e. The maximum absolute atomic E-state index is 12.2. The summed E-state index contributed by atoms with van der Waals surface area (Å²) in [5, 5.41) is 0. The third kappa shape index (κ3) is 2.50. The highest BCUT2D eigenvalue weighted by molar-refractivity contribution is 5.89. The van der Waals surface area contributed by atoms with Crippen LogP contribution in [0.5, 0.6) is 11.5 Å². The Balaban J connectivity index is 2.44. The smallest absolute Gasteiger partial charge is 0.164 e. The zero-order chi connectivity index (χ0) is 13.8. The number of rotatable bonds is 5. The molecule has 0 bridgehead atoms. The van der Waals surface area contributed by atoms with E-state index < -0.39 is 0 Å². The van der Waals surface area contributed by atoms with Crippen molar-refractivity contribution in [1.82, 2.24) is 0 Å². The second-order valence-corrected chi connectivity index (χ2v) is 4.85. The molecule has 3 nitrogen and oxygen atoms in total. The van der Waals surface area contributed by atoms with Crippen molar-refractivity contribution in [2.24, 2.45) is 5.92 Å². The van der Waals surface area contributed by atoms with Gasteiger partial charge in [0.2, 0.25) is 0 Å². The van der Waals surface area contributed by atoms with E-state index in [1.54, 1.807) is 14.2 Å². The van der Waals surface area contributed by atoms with Gasteiger partial charge in [-0.15, -0.1) is 6.58 Å². The number of hydrogen-bond acceptors (Lipinski definition) is 3. The predicted molar refractivity (Wildman–Crippen MR) is 74.8 cm³/mol. The van der Waals surface area contributed by atoms with E-state index in [1.807, 2.05) is 24.3 Å². The molecule has 0 unspecified atom stereocenters. The van der Waals surface area contributed by atoms with Crippen LogP contribution in [0.4, 0.5) is 0 Å². The van der Waals surface area contributed by atoms with Crippen molar-refractivity contribution in [3.63, 3.8) is 0 Å². The van der Waals surface area contributed by atoms with Gasteiger partial charge in [0.1, 0.15) is 5.78 Å². The fourth-order valence-electron chi connectivity index (χ4n) is 2.96. The number of para-hydroxylation sites is 1. The molecule has 1 saturated carbocycles. The van der Waals surface area contributed by atoms with E-state index in [9.17, 15) is 4.79 Å². The lowest BCUT2D eigenvalue weighted by Crippen LogP contribution is -2.13. The number of allylic oxidation sites excluding steroid dienone is 1. The van der Waals surface area contributed by atoms with E-state index in [2.05, 4.69) is 6.58 Å². The van der Waals surface area contributed by atoms with Crippen LogP contribution in [0, 0.1) is 5.92 Å². The van der Waals surface area contributed by atoms with E-state index in [4.69, 9.17) is 9.47 Å². The second-order valence-electron chi connectivity index (χ2n) is 4.85. The summed E-state index contributed by atoms with van der Waals surface area (Å²) in [6, 6.07) is 5.73. The zero-order valence-corrected chi connectivity index (χ0v) is 11.5. The van der Waals surface area contributed by atoms with Gasteiger partial charge < -0.3 is 9.47 Å². The van der Waals surface area contributed by atoms with Gasteiger partial charge in [-0.1, -0.05) is 18.2 Å². The lowest BCUT2D eigenvalue weighted by atomic mass is 9.85. The highest BCUT2D eigenvalue weighted by Gasteiger charge is 2.37. The normalized spacial score (nSPS) is 22.3. The van der Waals surface area contributed by atoms with Crippen molar-refractivity contribution in [3.8, 4) is 11.5 Å². The topological polar surface area (TPSA) is 35.5 Å². The van der Waals surface area contributed by atoms with Crippen LogP contribution in [-0.4, -0.2) is 20.0 Å². The van der Waals surface area contributed by atoms with Gasteiger partial charge in [-0.3, -0.25) is 4.79 Å². The van der Waals surface area contributed by atoms with Crippen LogP contribution in [0.2, 0.25) is 0 Å². The summed E-state index contributed by atoms with van der Waals surface area (Å²) in [6.07, 6.45) is 4.32. The molecule has 0 heterocycles. The van der Waals surface area contributed by atoms with Crippen molar-refractivity contribution >= 4 is 5.78 Å². The summed E-state index contributed by atoms with van der Waals surface area (Å²) in [5.41, 5.74) is 0.941. The molecule has 2 rings (SSSR count). The Morgan fingerprint density at radius 3 is 2.79 bits per heavy atom. The lowest BCUT2D eigenvalue weighted by molar-refractivity contribution is -0.119. The molecular weight excluding hydrogens is 240 g/mol. The van der Waals surface area contributed by atoms with Gasteiger partial charge in [0.05, 0.1) is 14.2 Å². The van der Waals surface area contributed by atoms with Crippen molar-refractivity contribution < 1.29 is 14.3 Å². The summed E-state index contributed by atoms with van der Waals surface area (Å²) in [6.45, 7) is 3.79. The third-order valence-corrected chi connectivity index (χ3v) is 3.82. The number of hydrogen-bond donors (Lipinski definition) is 0. The quantitative estimate of drug-likeness (QED) is 0.762. The van der Waals surface area contributed by atoms with Crippen LogP contribution in [0.25, 0.3) is 0 Å². The van der Waals surface area contributed by atoms with Gasteiger partial charge >= 0.3 is 0 Å². The highest BCUT2D eigenvalue weighted by atomic mass is 16.5. The first-order valence-corrected chi connectivity index (χ1v) is 6.57. The first kappa shape index (κ1) is 13.7. The average Bonchev–Trinajstić information content (AvgIpc) is 2.79. The Kier molecular flexibility index (Phi) is 4.25. The molecule has 102 valence electrons. The van der Waals surface area contributed by atoms with E-state index in [1.165, 1.54) is 0 Å². The SMILES string of the molecule is C=CC[C@@H]1CCC(=O)[C@H]1c1cccc(OC)c1OC. The van der Waals surface area contributed by atoms with Gasteiger partial charge in [-0.2, -0.15) is 0 Å². The van der Waals surface area contributed by atoms with E-state index in [-0.39, 0.29) is 5.92 Å². The Labute approximate surface area is 114 Å². The summed E-state index contributed by atoms with van der Waals surface area (Å²) in [4.78, 5) is 12.2. The van der Waals surface area contributed by atoms with Gasteiger partial charge in [-0.25, -0.2) is 0 Å². The molecule has 19 heavy (non-hydrogen) atoms. The molecule has 1 aromatic rings. The number of ketones is 1. The first-order chi connectivity index (χ1) is 9.22. The number of Topliss-reactive ketones (excluding diaryl/α,β-unsaturated/α-hetero) is 1. The van der Waals surface area contributed by atoms with Crippen LogP contribution in [0.3, 0.4) is 0 Å². The number of methoxy groups -OCH3 is 2. The van der Waals surface area contributed by atoms with E-state index in [0.717, 1.165) is 18.4 Å². The summed E-state index contributed by atoms with van der Waals surface area (Å²) >= 11 is 0. The van der Waals surface area contributed by atoms with Crippen LogP contribution in [-0.2, 0) is 4.79 Å². The van der Waals surface area contributed by atoms with Gasteiger partial charge in [0, 0.05) is 17.9 Å². The monoisotopic (exact) mass is 260 g/mol. The van der Waals surface area contributed by atoms with Crippen LogP contribution in [0.15, 0.2) is 30.9 Å². The minimum atomic E-state index is -0.0944. The number of ether oxygens (including phenoxy) is 2. The molecule has 1 aromatic carbocycles. The van der Waals surface area contributed by atoms with E-state index in [0.29, 0.717) is 29.6 Å². The van der Waals surface area contributed by atoms with E-state index >= 15 is 0 Å². The molecular formula is C16H20O3. The number of carbonyl (C=O) groups excluding carboxylic acids is 1. The predicted octanol–water partition coefficient (Wildman–Crippen LogP) is 3.34. The summed E-state index contributed by atoms with van der Waals surface area (Å²) in [5.74, 6) is 1.88. The molecule has 0 amide bonds. The Bertz CT molecular complexity index is 479. The molecule has 0 radical (unpaired) electrons. The van der Waals surface area contributed by atoms with Crippen LogP contribution in [0.1, 0.15) is 30.7 Å². The van der Waals surface area contributed by atoms with Crippen molar-refractivity contribution in [1.29, 1.82) is 0 Å². The van der Waals surface area contributed by atoms with Crippen molar-refractivity contribution in [2.45, 2.75) is 25.2 Å². The standard InChI is InChI=1S/C16H20O3/c1-4-6-11-9-10-13(17)15(11)12-7-5-8-14(18-2)16(12)19-3/h4-5,7-8,11,15H,1,6,9-10H2,2-3H3/t11-,15-/m1/s1. The average molecular weight is 260 g/mol. The Morgan fingerprint density at radius 2 is 2.16 bits per heavy atom. The molecule has 0 spiro atoms. The number of carbonyl (C=O) groups is 1. The molecule has 0 aliphatic heterocycles. The molecule has 0 N–H and O–H groups in total. The highest BCUT2D eigenvalue weighted by Crippen LogP contribution is 2.45. The molecule has 0 saturated heterocycles. The molecule has 1 aliphatic carbocycles. The molecule has 2 atom stereocenters. The van der Waals surface area contributed by atoms with Crippen LogP contribution < -0.4 is 9.47 Å². The Hall–Kier alpha value is -1.77. The Morgan fingerprint density at radius 1 is 1.37 bits per heavy atom.